The van der Waals surface area contributed by atoms with Crippen LogP contribution < -0.4 is 5.32 Å². The normalized spacial score (nSPS) is 33.4. The summed E-state index contributed by atoms with van der Waals surface area (Å²) in [6.45, 7) is 0. The van der Waals surface area contributed by atoms with Crippen molar-refractivity contribution in [2.24, 2.45) is 0 Å². The van der Waals surface area contributed by atoms with Crippen LogP contribution in [-0.4, -0.2) is 33.0 Å². The molecule has 0 aromatic rings. The third-order valence-corrected chi connectivity index (χ3v) is 3.70. The predicted octanol–water partition coefficient (Wildman–Crippen LogP) is -0.219. The summed E-state index contributed by atoms with van der Waals surface area (Å²) in [6.07, 6.45) is 2.88. The SMILES string of the molecule is CNC1CC(S(C)(=O)=O)C1. The first-order valence-electron chi connectivity index (χ1n) is 3.40. The van der Waals surface area contributed by atoms with Crippen LogP contribution in [-0.2, 0) is 9.84 Å². The van der Waals surface area contributed by atoms with Crippen molar-refractivity contribution < 1.29 is 8.42 Å². The lowest BCUT2D eigenvalue weighted by atomic mass is 9.93. The highest BCUT2D eigenvalue weighted by Crippen LogP contribution is 2.25. The van der Waals surface area contributed by atoms with E-state index >= 15 is 0 Å². The highest BCUT2D eigenvalue weighted by atomic mass is 32.2. The fourth-order valence-electron chi connectivity index (χ4n) is 1.15. The average Bonchev–Trinajstić information content (AvgIpc) is 1.57. The lowest BCUT2D eigenvalue weighted by Crippen LogP contribution is -2.45. The number of hydrogen-bond acceptors (Lipinski definition) is 3. The molecule has 1 aliphatic rings. The largest absolute Gasteiger partial charge is 0.317 e. The van der Waals surface area contributed by atoms with Gasteiger partial charge in [-0.15, -0.1) is 0 Å². The fourth-order valence-corrected chi connectivity index (χ4v) is 2.31. The van der Waals surface area contributed by atoms with Crippen LogP contribution in [0.5, 0.6) is 0 Å². The van der Waals surface area contributed by atoms with Gasteiger partial charge in [0.15, 0.2) is 0 Å². The highest BCUT2D eigenvalue weighted by molar-refractivity contribution is 7.91. The fraction of sp³-hybridized carbons (Fsp3) is 1.00. The first-order chi connectivity index (χ1) is 4.54. The summed E-state index contributed by atoms with van der Waals surface area (Å²) in [7, 11) is -0.885. The molecule has 1 fully saturated rings. The Bertz CT molecular complexity index is 204. The van der Waals surface area contributed by atoms with Gasteiger partial charge in [-0.2, -0.15) is 0 Å². The molecule has 3 nitrogen and oxygen atoms in total. The van der Waals surface area contributed by atoms with E-state index in [1.54, 1.807) is 0 Å². The van der Waals surface area contributed by atoms with Gasteiger partial charge in [0.25, 0.3) is 0 Å². The van der Waals surface area contributed by atoms with Crippen LogP contribution in [0, 0.1) is 0 Å². The molecule has 0 bridgehead atoms. The number of rotatable bonds is 2. The quantitative estimate of drug-likeness (QED) is 0.612. The van der Waals surface area contributed by atoms with E-state index in [0.717, 1.165) is 12.8 Å². The third-order valence-electron chi connectivity index (χ3n) is 2.11. The second kappa shape index (κ2) is 2.51. The Hall–Kier alpha value is -0.0900. The minimum Gasteiger partial charge on any atom is -0.317 e. The number of sulfone groups is 1. The van der Waals surface area contributed by atoms with Crippen molar-refractivity contribution in [2.75, 3.05) is 13.3 Å². The topological polar surface area (TPSA) is 46.2 Å². The van der Waals surface area contributed by atoms with Gasteiger partial charge in [-0.1, -0.05) is 0 Å². The number of hydrogen-bond donors (Lipinski definition) is 1. The van der Waals surface area contributed by atoms with E-state index in [-0.39, 0.29) is 5.25 Å². The molecule has 0 atom stereocenters. The van der Waals surface area contributed by atoms with Crippen molar-refractivity contribution in [2.45, 2.75) is 24.1 Å². The molecule has 0 radical (unpaired) electrons. The Kier molecular flexibility index (Phi) is 2.01. The molecule has 0 aromatic heterocycles. The first-order valence-corrected chi connectivity index (χ1v) is 5.35. The Morgan fingerprint density at radius 3 is 2.20 bits per heavy atom. The minimum atomic E-state index is -2.75. The summed E-state index contributed by atoms with van der Waals surface area (Å²) in [6, 6.07) is 0.430. The van der Waals surface area contributed by atoms with Gasteiger partial charge in [0.2, 0.25) is 0 Å². The summed E-state index contributed by atoms with van der Waals surface area (Å²) in [5.41, 5.74) is 0. The second-order valence-electron chi connectivity index (χ2n) is 2.91. The van der Waals surface area contributed by atoms with Gasteiger partial charge < -0.3 is 5.32 Å². The minimum absolute atomic E-state index is 0.0788. The third kappa shape index (κ3) is 1.49. The van der Waals surface area contributed by atoms with Gasteiger partial charge >= 0.3 is 0 Å². The molecule has 1 N–H and O–H groups in total. The van der Waals surface area contributed by atoms with Crippen LogP contribution in [0.2, 0.25) is 0 Å². The zero-order chi connectivity index (χ0) is 7.78. The van der Waals surface area contributed by atoms with Crippen molar-refractivity contribution >= 4 is 9.84 Å². The molecule has 0 unspecified atom stereocenters. The molecule has 0 amide bonds. The molecule has 1 aliphatic carbocycles. The molecule has 60 valence electrons. The molecule has 1 rings (SSSR count). The zero-order valence-corrected chi connectivity index (χ0v) is 7.11. The lowest BCUT2D eigenvalue weighted by molar-refractivity contribution is 0.360. The van der Waals surface area contributed by atoms with Gasteiger partial charge in [0.05, 0.1) is 5.25 Å². The molecule has 0 saturated heterocycles. The van der Waals surface area contributed by atoms with Crippen molar-refractivity contribution in [3.05, 3.63) is 0 Å². The van der Waals surface area contributed by atoms with E-state index in [0.29, 0.717) is 6.04 Å². The maximum atomic E-state index is 10.8. The Balaban J connectivity index is 2.41. The molecule has 0 aromatic carbocycles. The second-order valence-corrected chi connectivity index (χ2v) is 5.23. The Morgan fingerprint density at radius 2 is 1.90 bits per heavy atom. The van der Waals surface area contributed by atoms with Gasteiger partial charge in [-0.3, -0.25) is 0 Å². The summed E-state index contributed by atoms with van der Waals surface area (Å²) in [5.74, 6) is 0. The highest BCUT2D eigenvalue weighted by Gasteiger charge is 2.34. The molecule has 0 aliphatic heterocycles. The summed E-state index contributed by atoms with van der Waals surface area (Å²) in [4.78, 5) is 0. The van der Waals surface area contributed by atoms with Crippen LogP contribution in [0.4, 0.5) is 0 Å². The van der Waals surface area contributed by atoms with E-state index in [1.807, 2.05) is 7.05 Å². The standard InChI is InChI=1S/C6H13NO2S/c1-7-5-3-6(4-5)10(2,8)9/h5-7H,3-4H2,1-2H3. The smallest absolute Gasteiger partial charge is 0.150 e. The van der Waals surface area contributed by atoms with Gasteiger partial charge in [-0.25, -0.2) is 8.42 Å². The van der Waals surface area contributed by atoms with Gasteiger partial charge in [-0.05, 0) is 19.9 Å². The van der Waals surface area contributed by atoms with Crippen molar-refractivity contribution in [3.63, 3.8) is 0 Å². The summed E-state index contributed by atoms with van der Waals surface area (Å²) in [5, 5.41) is 2.96. The van der Waals surface area contributed by atoms with Crippen molar-refractivity contribution in [1.29, 1.82) is 0 Å². The maximum absolute atomic E-state index is 10.8. The first kappa shape index (κ1) is 8.01. The number of nitrogens with one attached hydrogen (secondary N) is 1. The van der Waals surface area contributed by atoms with Crippen molar-refractivity contribution in [3.8, 4) is 0 Å². The molecular formula is C6H13NO2S. The molecule has 1 saturated carbocycles. The molecule has 10 heavy (non-hydrogen) atoms. The monoisotopic (exact) mass is 163 g/mol. The van der Waals surface area contributed by atoms with Crippen LogP contribution >= 0.6 is 0 Å². The van der Waals surface area contributed by atoms with E-state index in [1.165, 1.54) is 6.26 Å². The van der Waals surface area contributed by atoms with Gasteiger partial charge in [0, 0.05) is 12.3 Å². The van der Waals surface area contributed by atoms with E-state index < -0.39 is 9.84 Å². The van der Waals surface area contributed by atoms with Crippen LogP contribution in [0.1, 0.15) is 12.8 Å². The summed E-state index contributed by atoms with van der Waals surface area (Å²) >= 11 is 0. The maximum Gasteiger partial charge on any atom is 0.150 e. The van der Waals surface area contributed by atoms with Crippen LogP contribution in [0.25, 0.3) is 0 Å². The van der Waals surface area contributed by atoms with Crippen LogP contribution in [0.15, 0.2) is 0 Å². The van der Waals surface area contributed by atoms with E-state index in [9.17, 15) is 8.42 Å². The molecule has 0 spiro atoms. The Morgan fingerprint density at radius 1 is 1.40 bits per heavy atom. The van der Waals surface area contributed by atoms with E-state index in [2.05, 4.69) is 5.32 Å². The molecular weight excluding hydrogens is 150 g/mol. The predicted molar refractivity (Wildman–Crippen MR) is 40.7 cm³/mol. The molecule has 0 heterocycles. The van der Waals surface area contributed by atoms with E-state index in [4.69, 9.17) is 0 Å². The Labute approximate surface area is 61.7 Å². The zero-order valence-electron chi connectivity index (χ0n) is 6.29. The average molecular weight is 163 g/mol. The summed E-state index contributed by atoms with van der Waals surface area (Å²) < 4.78 is 21.7. The van der Waals surface area contributed by atoms with Gasteiger partial charge in [0.1, 0.15) is 9.84 Å². The van der Waals surface area contributed by atoms with Crippen molar-refractivity contribution in [1.82, 2.24) is 5.32 Å². The lowest BCUT2D eigenvalue weighted by Gasteiger charge is -2.33. The van der Waals surface area contributed by atoms with Crippen LogP contribution in [0.3, 0.4) is 0 Å². The molecule has 4 heteroatoms.